The monoisotopic (exact) mass is 263 g/mol. The van der Waals surface area contributed by atoms with Gasteiger partial charge in [0.15, 0.2) is 0 Å². The summed E-state index contributed by atoms with van der Waals surface area (Å²) < 4.78 is 0. The van der Waals surface area contributed by atoms with E-state index in [1.165, 1.54) is 0 Å². The number of hydrogen-bond donors (Lipinski definition) is 2. The van der Waals surface area contributed by atoms with Gasteiger partial charge in [0.05, 0.1) is 6.10 Å². The van der Waals surface area contributed by atoms with Gasteiger partial charge < -0.3 is 10.4 Å². The highest BCUT2D eigenvalue weighted by Crippen LogP contribution is 2.06. The molecule has 0 aliphatic carbocycles. The maximum atomic E-state index is 11.8. The van der Waals surface area contributed by atoms with Crippen molar-refractivity contribution in [2.75, 3.05) is 6.54 Å². The van der Waals surface area contributed by atoms with Gasteiger partial charge in [-0.3, -0.25) is 9.59 Å². The molecule has 0 saturated carbocycles. The lowest BCUT2D eigenvalue weighted by Gasteiger charge is -2.13. The third-order valence-corrected chi connectivity index (χ3v) is 2.87. The number of Topliss-reactive ketones (excluding diaryl/α,β-unsaturated/α-hetero) is 1. The minimum Gasteiger partial charge on any atom is -0.393 e. The first-order chi connectivity index (χ1) is 8.90. The quantitative estimate of drug-likeness (QED) is 0.606. The fourth-order valence-electron chi connectivity index (χ4n) is 1.85. The van der Waals surface area contributed by atoms with Crippen LogP contribution in [0.5, 0.6) is 0 Å². The second-order valence-corrected chi connectivity index (χ2v) is 5.10. The van der Waals surface area contributed by atoms with Crippen LogP contribution in [0.25, 0.3) is 0 Å². The molecule has 1 aromatic carbocycles. The van der Waals surface area contributed by atoms with Crippen molar-refractivity contribution in [2.24, 2.45) is 5.92 Å². The molecule has 0 fully saturated rings. The van der Waals surface area contributed by atoms with E-state index in [0.29, 0.717) is 18.5 Å². The normalized spacial score (nSPS) is 13.7. The van der Waals surface area contributed by atoms with Crippen LogP contribution in [-0.4, -0.2) is 29.4 Å². The zero-order valence-electron chi connectivity index (χ0n) is 11.6. The molecule has 0 aliphatic heterocycles. The van der Waals surface area contributed by atoms with Crippen molar-refractivity contribution >= 4 is 11.7 Å². The highest BCUT2D eigenvalue weighted by Gasteiger charge is 2.16. The molecule has 1 amide bonds. The summed E-state index contributed by atoms with van der Waals surface area (Å²) in [6, 6.07) is 6.90. The number of aliphatic hydroxyl groups excluding tert-OH is 1. The van der Waals surface area contributed by atoms with Gasteiger partial charge >= 0.3 is 0 Å². The Bertz CT molecular complexity index is 437. The Labute approximate surface area is 113 Å². The summed E-state index contributed by atoms with van der Waals surface area (Å²) in [4.78, 5) is 23.5. The van der Waals surface area contributed by atoms with Crippen LogP contribution in [0, 0.1) is 12.8 Å². The maximum absolute atomic E-state index is 11.8. The molecule has 4 heteroatoms. The predicted octanol–water partition coefficient (Wildman–Crippen LogP) is 1.70. The van der Waals surface area contributed by atoms with Crippen molar-refractivity contribution in [1.29, 1.82) is 0 Å². The number of amides is 1. The molecule has 2 N–H and O–H groups in total. The van der Waals surface area contributed by atoms with Gasteiger partial charge in [-0.15, -0.1) is 0 Å². The summed E-state index contributed by atoms with van der Waals surface area (Å²) in [5.41, 5.74) is 1.44. The fourth-order valence-corrected chi connectivity index (χ4v) is 1.85. The van der Waals surface area contributed by atoms with Gasteiger partial charge in [-0.2, -0.15) is 0 Å². The van der Waals surface area contributed by atoms with Crippen molar-refractivity contribution in [3.05, 3.63) is 35.4 Å². The van der Waals surface area contributed by atoms with Crippen molar-refractivity contribution in [3.63, 3.8) is 0 Å². The number of ketones is 1. The van der Waals surface area contributed by atoms with Gasteiger partial charge in [0.2, 0.25) is 5.78 Å². The second kappa shape index (κ2) is 7.04. The molecule has 0 saturated heterocycles. The van der Waals surface area contributed by atoms with Gasteiger partial charge in [-0.25, -0.2) is 0 Å². The Morgan fingerprint density at radius 2 is 1.79 bits per heavy atom. The summed E-state index contributed by atoms with van der Waals surface area (Å²) in [5.74, 6) is -0.986. The van der Waals surface area contributed by atoms with Gasteiger partial charge in [-0.1, -0.05) is 36.8 Å². The van der Waals surface area contributed by atoms with Crippen LogP contribution >= 0.6 is 0 Å². The standard InChI is InChI=1S/C15H21NO3/c1-10-4-6-13(7-5-10)14(18)15(19)16-9-11(2)8-12(3)17/h4-7,11-12,17H,8-9H2,1-3H3,(H,16,19). The summed E-state index contributed by atoms with van der Waals surface area (Å²) in [5, 5.41) is 11.8. The predicted molar refractivity (Wildman–Crippen MR) is 74.0 cm³/mol. The Balaban J connectivity index is 2.49. The number of aliphatic hydroxyl groups is 1. The zero-order chi connectivity index (χ0) is 14.4. The lowest BCUT2D eigenvalue weighted by molar-refractivity contribution is -0.117. The fraction of sp³-hybridized carbons (Fsp3) is 0.467. The summed E-state index contributed by atoms with van der Waals surface area (Å²) in [6.45, 7) is 5.94. The van der Waals surface area contributed by atoms with E-state index in [1.807, 2.05) is 13.8 Å². The third kappa shape index (κ3) is 5.22. The van der Waals surface area contributed by atoms with E-state index in [-0.39, 0.29) is 5.92 Å². The molecule has 1 aromatic rings. The number of carbonyl (C=O) groups excluding carboxylic acids is 2. The summed E-state index contributed by atoms with van der Waals surface area (Å²) in [7, 11) is 0. The minimum absolute atomic E-state index is 0.134. The van der Waals surface area contributed by atoms with Crippen LogP contribution in [0.2, 0.25) is 0 Å². The van der Waals surface area contributed by atoms with Crippen LogP contribution in [0.15, 0.2) is 24.3 Å². The van der Waals surface area contributed by atoms with E-state index in [9.17, 15) is 14.7 Å². The first-order valence-electron chi connectivity index (χ1n) is 6.47. The van der Waals surface area contributed by atoms with Crippen LogP contribution in [0.3, 0.4) is 0 Å². The van der Waals surface area contributed by atoms with Gasteiger partial charge in [0.25, 0.3) is 5.91 Å². The Morgan fingerprint density at radius 1 is 1.21 bits per heavy atom. The number of rotatable bonds is 6. The van der Waals surface area contributed by atoms with E-state index < -0.39 is 17.8 Å². The van der Waals surface area contributed by atoms with E-state index in [4.69, 9.17) is 0 Å². The van der Waals surface area contributed by atoms with E-state index >= 15 is 0 Å². The molecule has 0 heterocycles. The van der Waals surface area contributed by atoms with Gasteiger partial charge in [-0.05, 0) is 26.2 Å². The van der Waals surface area contributed by atoms with Crippen LogP contribution < -0.4 is 5.32 Å². The van der Waals surface area contributed by atoms with Crippen LogP contribution in [0.4, 0.5) is 0 Å². The van der Waals surface area contributed by atoms with E-state index in [0.717, 1.165) is 5.56 Å². The molecule has 104 valence electrons. The molecule has 0 spiro atoms. The molecular formula is C15H21NO3. The van der Waals surface area contributed by atoms with Crippen molar-refractivity contribution in [3.8, 4) is 0 Å². The van der Waals surface area contributed by atoms with Crippen molar-refractivity contribution in [1.82, 2.24) is 5.32 Å². The maximum Gasteiger partial charge on any atom is 0.292 e. The number of carbonyl (C=O) groups is 2. The van der Waals surface area contributed by atoms with Crippen LogP contribution in [0.1, 0.15) is 36.2 Å². The second-order valence-electron chi connectivity index (χ2n) is 5.10. The lowest BCUT2D eigenvalue weighted by atomic mass is 10.0. The topological polar surface area (TPSA) is 66.4 Å². The molecular weight excluding hydrogens is 242 g/mol. The highest BCUT2D eigenvalue weighted by molar-refractivity contribution is 6.42. The molecule has 0 bridgehead atoms. The Hall–Kier alpha value is -1.68. The summed E-state index contributed by atoms with van der Waals surface area (Å²) >= 11 is 0. The smallest absolute Gasteiger partial charge is 0.292 e. The molecule has 0 radical (unpaired) electrons. The first-order valence-corrected chi connectivity index (χ1v) is 6.47. The highest BCUT2D eigenvalue weighted by atomic mass is 16.3. The number of nitrogens with one attached hydrogen (secondary N) is 1. The minimum atomic E-state index is -0.596. The van der Waals surface area contributed by atoms with E-state index in [2.05, 4.69) is 5.32 Å². The van der Waals surface area contributed by atoms with Crippen molar-refractivity contribution in [2.45, 2.75) is 33.3 Å². The molecule has 4 nitrogen and oxygen atoms in total. The molecule has 2 atom stereocenters. The average Bonchev–Trinajstić information content (AvgIpc) is 2.35. The zero-order valence-corrected chi connectivity index (χ0v) is 11.6. The van der Waals surface area contributed by atoms with E-state index in [1.54, 1.807) is 31.2 Å². The van der Waals surface area contributed by atoms with Crippen molar-refractivity contribution < 1.29 is 14.7 Å². The largest absolute Gasteiger partial charge is 0.393 e. The molecule has 19 heavy (non-hydrogen) atoms. The number of aryl methyl sites for hydroxylation is 1. The molecule has 2 unspecified atom stereocenters. The SMILES string of the molecule is Cc1ccc(C(=O)C(=O)NCC(C)CC(C)O)cc1. The third-order valence-electron chi connectivity index (χ3n) is 2.87. The molecule has 0 aliphatic rings. The molecule has 0 aromatic heterocycles. The average molecular weight is 263 g/mol. The Morgan fingerprint density at radius 3 is 2.32 bits per heavy atom. The first kappa shape index (κ1) is 15.4. The lowest BCUT2D eigenvalue weighted by Crippen LogP contribution is -2.34. The number of hydrogen-bond acceptors (Lipinski definition) is 3. The summed E-state index contributed by atoms with van der Waals surface area (Å²) in [6.07, 6.45) is 0.193. The number of benzene rings is 1. The van der Waals surface area contributed by atoms with Gasteiger partial charge in [0.1, 0.15) is 0 Å². The molecule has 1 rings (SSSR count). The van der Waals surface area contributed by atoms with Gasteiger partial charge in [0, 0.05) is 12.1 Å². The van der Waals surface area contributed by atoms with Crippen LogP contribution in [-0.2, 0) is 4.79 Å². The Kier molecular flexibility index (Phi) is 5.70.